The summed E-state index contributed by atoms with van der Waals surface area (Å²) in [6.07, 6.45) is 11.4. The minimum atomic E-state index is -0.169. The number of allylic oxidation sites excluding steroid dienone is 1. The molecule has 0 N–H and O–H groups in total. The first-order valence-electron chi connectivity index (χ1n) is 13.3. The average molecular weight is 461 g/mol. The summed E-state index contributed by atoms with van der Waals surface area (Å²) in [6.45, 7) is 12.2. The molecule has 0 spiro atoms. The van der Waals surface area contributed by atoms with Gasteiger partial charge in [-0.15, -0.1) is 0 Å². The number of Topliss-reactive ketones (excluding diaryl/α,β-unsaturated/α-hetero) is 1. The van der Waals surface area contributed by atoms with Crippen molar-refractivity contribution in [2.24, 2.45) is 34.5 Å². The number of fused-ring (bicyclic) bond motifs is 1. The normalized spacial score (nSPS) is 40.4. The number of carbonyl (C=O) groups is 2. The van der Waals surface area contributed by atoms with Gasteiger partial charge in [-0.3, -0.25) is 9.59 Å². The number of ketones is 1. The predicted molar refractivity (Wildman–Crippen MR) is 127 cm³/mol. The molecule has 5 heteroatoms. The highest BCUT2D eigenvalue weighted by Gasteiger charge is 2.53. The van der Waals surface area contributed by atoms with Crippen molar-refractivity contribution in [2.75, 3.05) is 13.2 Å². The molecule has 1 heterocycles. The molecule has 186 valence electrons. The zero-order chi connectivity index (χ0) is 23.8. The van der Waals surface area contributed by atoms with Crippen molar-refractivity contribution in [1.29, 1.82) is 0 Å². The van der Waals surface area contributed by atoms with Crippen LogP contribution in [-0.4, -0.2) is 37.4 Å². The van der Waals surface area contributed by atoms with Gasteiger partial charge >= 0.3 is 5.97 Å². The lowest BCUT2D eigenvalue weighted by Gasteiger charge is -2.49. The van der Waals surface area contributed by atoms with Crippen LogP contribution in [0.3, 0.4) is 0 Å². The SMILES string of the molecule is CC(=O)O[C@H]1CCC2(C)C(=CCC[C@@H]2CCC2(C)C([C@H](C)CC3OCCO3)C(=O)C[C@H]2C)C1. The maximum absolute atomic E-state index is 13.1. The monoisotopic (exact) mass is 460 g/mol. The van der Waals surface area contributed by atoms with Crippen LogP contribution in [0.15, 0.2) is 11.6 Å². The second-order valence-corrected chi connectivity index (χ2v) is 11.9. The molecule has 3 fully saturated rings. The topological polar surface area (TPSA) is 61.8 Å². The van der Waals surface area contributed by atoms with E-state index in [1.165, 1.54) is 25.3 Å². The Balaban J connectivity index is 1.43. The summed E-state index contributed by atoms with van der Waals surface area (Å²) in [5, 5.41) is 0. The molecule has 0 amide bonds. The molecule has 1 aliphatic heterocycles. The fourth-order valence-corrected chi connectivity index (χ4v) is 7.73. The minimum Gasteiger partial charge on any atom is -0.462 e. The highest BCUT2D eigenvalue weighted by Crippen LogP contribution is 2.57. The first-order valence-corrected chi connectivity index (χ1v) is 13.3. The Kier molecular flexibility index (Phi) is 7.41. The summed E-state index contributed by atoms with van der Waals surface area (Å²) in [7, 11) is 0. The van der Waals surface area contributed by atoms with Crippen molar-refractivity contribution in [2.45, 2.75) is 105 Å². The second-order valence-electron chi connectivity index (χ2n) is 11.9. The molecule has 1 saturated heterocycles. The van der Waals surface area contributed by atoms with E-state index in [0.717, 1.165) is 38.5 Å². The van der Waals surface area contributed by atoms with E-state index in [2.05, 4.69) is 33.8 Å². The van der Waals surface area contributed by atoms with E-state index >= 15 is 0 Å². The van der Waals surface area contributed by atoms with Crippen LogP contribution in [0, 0.1) is 34.5 Å². The predicted octanol–water partition coefficient (Wildman–Crippen LogP) is 5.86. The molecule has 3 unspecified atom stereocenters. The maximum Gasteiger partial charge on any atom is 0.302 e. The summed E-state index contributed by atoms with van der Waals surface area (Å²) in [6, 6.07) is 0. The Bertz CT molecular complexity index is 768. The summed E-state index contributed by atoms with van der Waals surface area (Å²) in [5.74, 6) is 1.67. The van der Waals surface area contributed by atoms with Gasteiger partial charge in [0.15, 0.2) is 6.29 Å². The molecule has 0 radical (unpaired) electrons. The fraction of sp³-hybridized carbons (Fsp3) is 0.857. The molecule has 0 aromatic rings. The van der Waals surface area contributed by atoms with Gasteiger partial charge in [0, 0.05) is 32.1 Å². The van der Waals surface area contributed by atoms with Crippen LogP contribution in [0.2, 0.25) is 0 Å². The van der Waals surface area contributed by atoms with Crippen LogP contribution >= 0.6 is 0 Å². The molecule has 0 aromatic carbocycles. The molecule has 5 nitrogen and oxygen atoms in total. The smallest absolute Gasteiger partial charge is 0.302 e. The van der Waals surface area contributed by atoms with E-state index in [0.29, 0.717) is 37.3 Å². The van der Waals surface area contributed by atoms with Crippen molar-refractivity contribution in [3.8, 4) is 0 Å². The number of rotatable bonds is 7. The van der Waals surface area contributed by atoms with E-state index in [1.54, 1.807) is 0 Å². The first kappa shape index (κ1) is 24.9. The molecule has 2 saturated carbocycles. The quantitative estimate of drug-likeness (QED) is 0.352. The van der Waals surface area contributed by atoms with Gasteiger partial charge in [-0.05, 0) is 67.1 Å². The Morgan fingerprint density at radius 3 is 2.64 bits per heavy atom. The number of esters is 1. The van der Waals surface area contributed by atoms with E-state index in [4.69, 9.17) is 14.2 Å². The highest BCUT2D eigenvalue weighted by atomic mass is 16.7. The molecule has 33 heavy (non-hydrogen) atoms. The van der Waals surface area contributed by atoms with Crippen LogP contribution in [-0.2, 0) is 23.8 Å². The average Bonchev–Trinajstić information content (AvgIpc) is 3.32. The van der Waals surface area contributed by atoms with Crippen molar-refractivity contribution in [1.82, 2.24) is 0 Å². The molecular formula is C28H44O5. The molecule has 3 aliphatic carbocycles. The lowest BCUT2D eigenvalue weighted by atomic mass is 9.57. The summed E-state index contributed by atoms with van der Waals surface area (Å²) in [5.41, 5.74) is 1.73. The fourth-order valence-electron chi connectivity index (χ4n) is 7.73. The Labute approximate surface area is 200 Å². The largest absolute Gasteiger partial charge is 0.462 e. The Hall–Kier alpha value is -1.20. The van der Waals surface area contributed by atoms with Crippen molar-refractivity contribution in [3.05, 3.63) is 11.6 Å². The van der Waals surface area contributed by atoms with Crippen LogP contribution in [0.5, 0.6) is 0 Å². The molecule has 4 aliphatic rings. The molecular weight excluding hydrogens is 416 g/mol. The van der Waals surface area contributed by atoms with Gasteiger partial charge in [-0.25, -0.2) is 0 Å². The number of ether oxygens (including phenoxy) is 3. The van der Waals surface area contributed by atoms with Crippen molar-refractivity contribution in [3.63, 3.8) is 0 Å². The van der Waals surface area contributed by atoms with E-state index in [9.17, 15) is 9.59 Å². The molecule has 4 rings (SSSR count). The molecule has 0 bridgehead atoms. The van der Waals surface area contributed by atoms with Gasteiger partial charge in [0.05, 0.1) is 13.2 Å². The third-order valence-electron chi connectivity index (χ3n) is 9.85. The third kappa shape index (κ3) is 4.96. The van der Waals surface area contributed by atoms with Crippen molar-refractivity contribution >= 4 is 11.8 Å². The van der Waals surface area contributed by atoms with Gasteiger partial charge in [0.2, 0.25) is 0 Å². The van der Waals surface area contributed by atoms with Crippen molar-refractivity contribution < 1.29 is 23.8 Å². The summed E-state index contributed by atoms with van der Waals surface area (Å²) in [4.78, 5) is 24.6. The Morgan fingerprint density at radius 1 is 1.21 bits per heavy atom. The Morgan fingerprint density at radius 2 is 1.94 bits per heavy atom. The maximum atomic E-state index is 13.1. The van der Waals surface area contributed by atoms with Gasteiger partial charge in [0.1, 0.15) is 11.9 Å². The first-order chi connectivity index (χ1) is 15.6. The molecule has 0 aromatic heterocycles. The number of carbonyl (C=O) groups excluding carboxylic acids is 2. The minimum absolute atomic E-state index is 0.0295. The second kappa shape index (κ2) is 9.81. The zero-order valence-electron chi connectivity index (χ0n) is 21.4. The van der Waals surface area contributed by atoms with Gasteiger partial charge in [-0.1, -0.05) is 39.3 Å². The lowest BCUT2D eigenvalue weighted by Crippen LogP contribution is -2.41. The number of hydrogen-bond donors (Lipinski definition) is 0. The van der Waals surface area contributed by atoms with Crippen LogP contribution < -0.4 is 0 Å². The van der Waals surface area contributed by atoms with E-state index in [1.807, 2.05) is 0 Å². The standard InChI is InChI=1S/C28H44O5/c1-18(15-25-31-13-14-32-25)26-24(30)16-19(2)27(26,4)11-9-21-7-6-8-22-17-23(33-20(3)29)10-12-28(21,22)5/h8,18-19,21,23,25-26H,6-7,9-17H2,1-5H3/t18-,19-,21-,23+,26?,27?,28?/m1/s1. The van der Waals surface area contributed by atoms with Crippen LogP contribution in [0.4, 0.5) is 0 Å². The summed E-state index contributed by atoms with van der Waals surface area (Å²) >= 11 is 0. The molecule has 7 atom stereocenters. The van der Waals surface area contributed by atoms with E-state index < -0.39 is 0 Å². The zero-order valence-corrected chi connectivity index (χ0v) is 21.4. The number of hydrogen-bond acceptors (Lipinski definition) is 5. The lowest BCUT2D eigenvalue weighted by molar-refractivity contribution is -0.148. The highest BCUT2D eigenvalue weighted by molar-refractivity contribution is 5.85. The van der Waals surface area contributed by atoms with Gasteiger partial charge in [0.25, 0.3) is 0 Å². The van der Waals surface area contributed by atoms with E-state index in [-0.39, 0.29) is 41.0 Å². The third-order valence-corrected chi connectivity index (χ3v) is 9.85. The van der Waals surface area contributed by atoms with Crippen LogP contribution in [0.25, 0.3) is 0 Å². The van der Waals surface area contributed by atoms with Gasteiger partial charge < -0.3 is 14.2 Å². The summed E-state index contributed by atoms with van der Waals surface area (Å²) < 4.78 is 17.0. The van der Waals surface area contributed by atoms with Crippen LogP contribution in [0.1, 0.15) is 92.4 Å². The van der Waals surface area contributed by atoms with Gasteiger partial charge in [-0.2, -0.15) is 0 Å².